The van der Waals surface area contributed by atoms with Gasteiger partial charge in [-0.3, -0.25) is 0 Å². The first-order valence-electron chi connectivity index (χ1n) is 6.76. The van der Waals surface area contributed by atoms with Crippen LogP contribution in [0.25, 0.3) is 10.9 Å². The van der Waals surface area contributed by atoms with E-state index in [1.807, 2.05) is 40.2 Å². The molecule has 2 rings (SSSR count). The van der Waals surface area contributed by atoms with E-state index in [1.54, 1.807) is 0 Å². The number of nitrogens with zero attached hydrogens (tertiary/aromatic N) is 2. The van der Waals surface area contributed by atoms with Crippen LogP contribution in [-0.2, 0) is 18.3 Å². The summed E-state index contributed by atoms with van der Waals surface area (Å²) in [5.74, 6) is 0. The van der Waals surface area contributed by atoms with E-state index in [4.69, 9.17) is 4.74 Å². The highest BCUT2D eigenvalue weighted by Crippen LogP contribution is 2.10. The molecule has 0 spiro atoms. The van der Waals surface area contributed by atoms with E-state index < -0.39 is 5.60 Å². The van der Waals surface area contributed by atoms with Crippen molar-refractivity contribution in [2.24, 2.45) is 7.05 Å². The van der Waals surface area contributed by atoms with Crippen molar-refractivity contribution in [3.63, 3.8) is 0 Å². The number of pyridine rings is 1. The Kier molecular flexibility index (Phi) is 3.97. The fourth-order valence-electron chi connectivity index (χ4n) is 1.98. The normalized spacial score (nSPS) is 11.6. The minimum absolute atomic E-state index is 0.377. The predicted molar refractivity (Wildman–Crippen MR) is 77.4 cm³/mol. The molecule has 0 unspecified atom stereocenters. The SMILES string of the molecule is Cn1ccc2cc[n+](CCNC(=O)OC(C)(C)C)cc21. The third kappa shape index (κ3) is 3.73. The number of rotatable bonds is 3. The summed E-state index contributed by atoms with van der Waals surface area (Å²) in [7, 11) is 2.02. The topological polar surface area (TPSA) is 47.1 Å². The van der Waals surface area contributed by atoms with Gasteiger partial charge in [0.05, 0.1) is 6.54 Å². The van der Waals surface area contributed by atoms with Gasteiger partial charge in [-0.15, -0.1) is 0 Å². The van der Waals surface area contributed by atoms with E-state index in [-0.39, 0.29) is 6.09 Å². The van der Waals surface area contributed by atoms with Gasteiger partial charge in [-0.1, -0.05) is 0 Å². The van der Waals surface area contributed by atoms with E-state index in [1.165, 1.54) is 10.9 Å². The predicted octanol–water partition coefficient (Wildman–Crippen LogP) is 1.99. The zero-order chi connectivity index (χ0) is 14.8. The number of aryl methyl sites for hydroxylation is 1. The molecule has 0 aliphatic heterocycles. The molecule has 0 saturated carbocycles. The first-order chi connectivity index (χ1) is 9.35. The molecular formula is C15H22N3O2+. The van der Waals surface area contributed by atoms with Crippen LogP contribution in [0.2, 0.25) is 0 Å². The van der Waals surface area contributed by atoms with Crippen LogP contribution in [0, 0.1) is 0 Å². The van der Waals surface area contributed by atoms with Crippen LogP contribution in [0.4, 0.5) is 4.79 Å². The molecule has 2 aromatic rings. The van der Waals surface area contributed by atoms with Crippen molar-refractivity contribution in [2.45, 2.75) is 32.9 Å². The lowest BCUT2D eigenvalue weighted by Crippen LogP contribution is -2.41. The van der Waals surface area contributed by atoms with Crippen molar-refractivity contribution in [2.75, 3.05) is 6.54 Å². The Morgan fingerprint density at radius 2 is 2.15 bits per heavy atom. The first kappa shape index (κ1) is 14.4. The number of ether oxygens (including phenoxy) is 1. The largest absolute Gasteiger partial charge is 0.444 e. The number of nitrogens with one attached hydrogen (secondary N) is 1. The Morgan fingerprint density at radius 3 is 2.85 bits per heavy atom. The molecule has 0 aliphatic carbocycles. The van der Waals surface area contributed by atoms with Gasteiger partial charge in [-0.2, -0.15) is 0 Å². The number of fused-ring (bicyclic) bond motifs is 1. The summed E-state index contributed by atoms with van der Waals surface area (Å²) in [5.41, 5.74) is 0.712. The molecule has 5 heteroatoms. The Morgan fingerprint density at radius 1 is 1.40 bits per heavy atom. The molecule has 0 saturated heterocycles. The molecule has 0 fully saturated rings. The number of aromatic nitrogens is 2. The average Bonchev–Trinajstić information content (AvgIpc) is 2.69. The van der Waals surface area contributed by atoms with Crippen molar-refractivity contribution in [1.82, 2.24) is 9.88 Å². The van der Waals surface area contributed by atoms with Crippen LogP contribution in [0.5, 0.6) is 0 Å². The third-order valence-corrected chi connectivity index (χ3v) is 2.93. The lowest BCUT2D eigenvalue weighted by molar-refractivity contribution is -0.693. The van der Waals surface area contributed by atoms with Crippen LogP contribution in [0.15, 0.2) is 30.7 Å². The van der Waals surface area contributed by atoms with E-state index in [9.17, 15) is 4.79 Å². The van der Waals surface area contributed by atoms with Crippen LogP contribution < -0.4 is 9.88 Å². The van der Waals surface area contributed by atoms with Gasteiger partial charge in [-0.05, 0) is 26.8 Å². The summed E-state index contributed by atoms with van der Waals surface area (Å²) < 4.78 is 9.32. The highest BCUT2D eigenvalue weighted by atomic mass is 16.6. The summed E-state index contributed by atoms with van der Waals surface area (Å²) in [4.78, 5) is 11.5. The minimum atomic E-state index is -0.459. The summed E-state index contributed by atoms with van der Waals surface area (Å²) in [6.45, 7) is 6.80. The Hall–Kier alpha value is -2.04. The van der Waals surface area contributed by atoms with Gasteiger partial charge in [-0.25, -0.2) is 9.36 Å². The molecule has 0 aromatic carbocycles. The first-order valence-corrected chi connectivity index (χ1v) is 6.76. The van der Waals surface area contributed by atoms with Gasteiger partial charge in [0, 0.05) is 24.7 Å². The smallest absolute Gasteiger partial charge is 0.407 e. The standard InChI is InChI=1S/C15H21N3O2/c1-15(2,3)20-14(19)16-7-10-18-9-6-12-5-8-17(4)13(12)11-18/h5-6,8-9,11H,7,10H2,1-4H3/p+1. The number of alkyl carbamates (subject to hydrolysis) is 1. The maximum atomic E-state index is 11.5. The molecule has 2 aromatic heterocycles. The number of carbonyl (C=O) groups is 1. The fourth-order valence-corrected chi connectivity index (χ4v) is 1.98. The third-order valence-electron chi connectivity index (χ3n) is 2.93. The highest BCUT2D eigenvalue weighted by molar-refractivity contribution is 5.77. The quantitative estimate of drug-likeness (QED) is 0.872. The molecule has 5 nitrogen and oxygen atoms in total. The van der Waals surface area contributed by atoms with Crippen LogP contribution in [0.1, 0.15) is 20.8 Å². The second kappa shape index (κ2) is 5.53. The van der Waals surface area contributed by atoms with Crippen molar-refractivity contribution in [1.29, 1.82) is 0 Å². The lowest BCUT2D eigenvalue weighted by atomic mass is 10.2. The second-order valence-electron chi connectivity index (χ2n) is 5.88. The van der Waals surface area contributed by atoms with Gasteiger partial charge >= 0.3 is 6.09 Å². The minimum Gasteiger partial charge on any atom is -0.444 e. The molecule has 0 aliphatic rings. The zero-order valence-corrected chi connectivity index (χ0v) is 12.5. The van der Waals surface area contributed by atoms with E-state index >= 15 is 0 Å². The van der Waals surface area contributed by atoms with Crippen molar-refractivity contribution < 1.29 is 14.1 Å². The lowest BCUT2D eigenvalue weighted by Gasteiger charge is -2.19. The van der Waals surface area contributed by atoms with Crippen molar-refractivity contribution in [3.05, 3.63) is 30.7 Å². The molecule has 108 valence electrons. The Labute approximate surface area is 119 Å². The van der Waals surface area contributed by atoms with E-state index in [2.05, 4.69) is 32.8 Å². The molecule has 2 heterocycles. The molecule has 20 heavy (non-hydrogen) atoms. The average molecular weight is 276 g/mol. The number of carbonyl (C=O) groups excluding carboxylic acids is 1. The van der Waals surface area contributed by atoms with E-state index in [0.29, 0.717) is 13.1 Å². The molecule has 0 atom stereocenters. The molecule has 0 radical (unpaired) electrons. The van der Waals surface area contributed by atoms with Gasteiger partial charge < -0.3 is 14.6 Å². The zero-order valence-electron chi connectivity index (χ0n) is 12.5. The van der Waals surface area contributed by atoms with Crippen molar-refractivity contribution in [3.8, 4) is 0 Å². The molecule has 1 amide bonds. The van der Waals surface area contributed by atoms with Crippen LogP contribution in [-0.4, -0.2) is 22.8 Å². The maximum absolute atomic E-state index is 11.5. The van der Waals surface area contributed by atoms with Crippen LogP contribution in [0.3, 0.4) is 0 Å². The maximum Gasteiger partial charge on any atom is 0.407 e. The van der Waals surface area contributed by atoms with Crippen LogP contribution >= 0.6 is 0 Å². The summed E-state index contributed by atoms with van der Waals surface area (Å²) in [6.07, 6.45) is 5.75. The monoisotopic (exact) mass is 276 g/mol. The van der Waals surface area contributed by atoms with Gasteiger partial charge in [0.2, 0.25) is 0 Å². The Balaban J connectivity index is 1.89. The summed E-state index contributed by atoms with van der Waals surface area (Å²) in [5, 5.41) is 3.97. The Bertz CT molecular complexity index is 611. The number of hydrogen-bond acceptors (Lipinski definition) is 2. The second-order valence-corrected chi connectivity index (χ2v) is 5.88. The van der Waals surface area contributed by atoms with Gasteiger partial charge in [0.15, 0.2) is 18.9 Å². The highest BCUT2D eigenvalue weighted by Gasteiger charge is 2.16. The molecular weight excluding hydrogens is 254 g/mol. The number of amides is 1. The molecule has 1 N–H and O–H groups in total. The summed E-state index contributed by atoms with van der Waals surface area (Å²) in [6, 6.07) is 4.15. The summed E-state index contributed by atoms with van der Waals surface area (Å²) >= 11 is 0. The number of hydrogen-bond donors (Lipinski definition) is 1. The van der Waals surface area contributed by atoms with Gasteiger partial charge in [0.25, 0.3) is 0 Å². The fraction of sp³-hybridized carbons (Fsp3) is 0.467. The van der Waals surface area contributed by atoms with E-state index in [0.717, 1.165) is 0 Å². The van der Waals surface area contributed by atoms with Crippen molar-refractivity contribution >= 4 is 17.0 Å². The van der Waals surface area contributed by atoms with Gasteiger partial charge in [0.1, 0.15) is 11.1 Å². The molecule has 0 bridgehead atoms.